The van der Waals surface area contributed by atoms with E-state index in [0.29, 0.717) is 24.2 Å². The van der Waals surface area contributed by atoms with Crippen molar-refractivity contribution in [2.75, 3.05) is 12.8 Å². The van der Waals surface area contributed by atoms with Gasteiger partial charge in [-0.3, -0.25) is 9.78 Å². The van der Waals surface area contributed by atoms with Gasteiger partial charge in [0.25, 0.3) is 0 Å². The lowest BCUT2D eigenvalue weighted by Crippen LogP contribution is -2.19. The Bertz CT molecular complexity index is 1340. The summed E-state index contributed by atoms with van der Waals surface area (Å²) in [4.78, 5) is 26.1. The first-order valence-corrected chi connectivity index (χ1v) is 10.1. The molecular weight excluding hydrogens is 414 g/mol. The van der Waals surface area contributed by atoms with Crippen molar-refractivity contribution in [3.8, 4) is 5.75 Å². The number of halogens is 1. The summed E-state index contributed by atoms with van der Waals surface area (Å²) in [6.45, 7) is 4.27. The number of ether oxygens (including phenoxy) is 1. The van der Waals surface area contributed by atoms with Crippen molar-refractivity contribution in [2.45, 2.75) is 26.8 Å². The SMILES string of the molecule is COc1c(C)cnc(Cn2cc(Cc3ccccc3)c(=O)c3c(Cl)nc(N)nc32)c1C. The van der Waals surface area contributed by atoms with Gasteiger partial charge in [-0.05, 0) is 19.4 Å². The Balaban J connectivity index is 1.92. The van der Waals surface area contributed by atoms with Crippen LogP contribution < -0.4 is 15.9 Å². The van der Waals surface area contributed by atoms with Crippen LogP contribution in [0.4, 0.5) is 5.95 Å². The number of fused-ring (bicyclic) bond motifs is 1. The van der Waals surface area contributed by atoms with Crippen molar-refractivity contribution in [2.24, 2.45) is 0 Å². The van der Waals surface area contributed by atoms with Crippen LogP contribution >= 0.6 is 11.6 Å². The monoisotopic (exact) mass is 435 g/mol. The van der Waals surface area contributed by atoms with Gasteiger partial charge in [0.15, 0.2) is 11.1 Å². The molecule has 4 aromatic rings. The predicted octanol–water partition coefficient (Wildman–Crippen LogP) is 3.69. The van der Waals surface area contributed by atoms with E-state index in [0.717, 1.165) is 28.1 Å². The number of methoxy groups -OCH3 is 1. The molecule has 8 heteroatoms. The molecule has 0 saturated carbocycles. The van der Waals surface area contributed by atoms with Crippen LogP contribution in [0.2, 0.25) is 5.15 Å². The molecule has 7 nitrogen and oxygen atoms in total. The number of benzene rings is 1. The Labute approximate surface area is 184 Å². The molecule has 3 aromatic heterocycles. The highest BCUT2D eigenvalue weighted by atomic mass is 35.5. The first kappa shape index (κ1) is 20.8. The molecule has 0 fully saturated rings. The van der Waals surface area contributed by atoms with E-state index in [1.165, 1.54) is 0 Å². The number of nitrogens with zero attached hydrogens (tertiary/aromatic N) is 4. The molecule has 0 aliphatic carbocycles. The van der Waals surface area contributed by atoms with Gasteiger partial charge in [-0.2, -0.15) is 4.98 Å². The molecular formula is C23H22ClN5O2. The molecule has 2 N–H and O–H groups in total. The summed E-state index contributed by atoms with van der Waals surface area (Å²) in [6.07, 6.45) is 4.03. The lowest BCUT2D eigenvalue weighted by atomic mass is 10.0. The molecule has 3 heterocycles. The summed E-state index contributed by atoms with van der Waals surface area (Å²) in [5, 5.41) is 0.295. The summed E-state index contributed by atoms with van der Waals surface area (Å²) in [5.74, 6) is 0.791. The minimum absolute atomic E-state index is 0.00706. The third kappa shape index (κ3) is 3.96. The van der Waals surface area contributed by atoms with E-state index in [1.54, 1.807) is 19.5 Å². The van der Waals surface area contributed by atoms with Crippen LogP contribution in [0.5, 0.6) is 5.75 Å². The van der Waals surface area contributed by atoms with Crippen molar-refractivity contribution < 1.29 is 4.74 Å². The number of pyridine rings is 2. The first-order chi connectivity index (χ1) is 14.9. The maximum atomic E-state index is 13.2. The highest BCUT2D eigenvalue weighted by Crippen LogP contribution is 2.26. The molecule has 0 aliphatic rings. The predicted molar refractivity (Wildman–Crippen MR) is 122 cm³/mol. The highest BCUT2D eigenvalue weighted by molar-refractivity contribution is 6.34. The summed E-state index contributed by atoms with van der Waals surface area (Å²) < 4.78 is 7.39. The van der Waals surface area contributed by atoms with Crippen LogP contribution in [-0.2, 0) is 13.0 Å². The third-order valence-electron chi connectivity index (χ3n) is 5.27. The normalized spacial score (nSPS) is 11.1. The Hall–Kier alpha value is -3.45. The average molecular weight is 436 g/mol. The van der Waals surface area contributed by atoms with Crippen LogP contribution in [0.15, 0.2) is 47.5 Å². The number of hydrogen-bond acceptors (Lipinski definition) is 6. The molecule has 31 heavy (non-hydrogen) atoms. The number of anilines is 1. The highest BCUT2D eigenvalue weighted by Gasteiger charge is 2.18. The largest absolute Gasteiger partial charge is 0.496 e. The van der Waals surface area contributed by atoms with E-state index < -0.39 is 0 Å². The zero-order chi connectivity index (χ0) is 22.1. The molecule has 0 bridgehead atoms. The number of nitrogen functional groups attached to an aromatic ring is 1. The second-order valence-electron chi connectivity index (χ2n) is 7.39. The van der Waals surface area contributed by atoms with Crippen molar-refractivity contribution in [1.29, 1.82) is 0 Å². The second-order valence-corrected chi connectivity index (χ2v) is 7.75. The number of aromatic nitrogens is 4. The smallest absolute Gasteiger partial charge is 0.223 e. The van der Waals surface area contributed by atoms with Crippen molar-refractivity contribution in [1.82, 2.24) is 19.5 Å². The van der Waals surface area contributed by atoms with E-state index in [4.69, 9.17) is 22.1 Å². The van der Waals surface area contributed by atoms with Crippen LogP contribution in [0.25, 0.3) is 11.0 Å². The zero-order valence-corrected chi connectivity index (χ0v) is 18.3. The quantitative estimate of drug-likeness (QED) is 0.480. The summed E-state index contributed by atoms with van der Waals surface area (Å²) >= 11 is 6.34. The Kier molecular flexibility index (Phi) is 5.61. The number of rotatable bonds is 5. The van der Waals surface area contributed by atoms with Gasteiger partial charge in [0.1, 0.15) is 16.3 Å². The zero-order valence-electron chi connectivity index (χ0n) is 17.5. The lowest BCUT2D eigenvalue weighted by Gasteiger charge is -2.16. The minimum atomic E-state index is -0.203. The summed E-state index contributed by atoms with van der Waals surface area (Å²) in [7, 11) is 1.64. The van der Waals surface area contributed by atoms with E-state index in [-0.39, 0.29) is 21.9 Å². The van der Waals surface area contributed by atoms with Gasteiger partial charge in [0.05, 0.1) is 19.3 Å². The fraction of sp³-hybridized carbons (Fsp3) is 0.217. The maximum absolute atomic E-state index is 13.2. The maximum Gasteiger partial charge on any atom is 0.223 e. The summed E-state index contributed by atoms with van der Waals surface area (Å²) in [5.41, 5.74) is 10.3. The van der Waals surface area contributed by atoms with Crippen molar-refractivity contribution >= 4 is 28.6 Å². The van der Waals surface area contributed by atoms with Gasteiger partial charge < -0.3 is 15.0 Å². The molecule has 1 aromatic carbocycles. The number of aryl methyl sites for hydroxylation is 1. The lowest BCUT2D eigenvalue weighted by molar-refractivity contribution is 0.406. The van der Waals surface area contributed by atoms with Crippen LogP contribution in [0.3, 0.4) is 0 Å². The molecule has 158 valence electrons. The standard InChI is InChI=1S/C23H22ClN5O2/c1-13-10-26-17(14(2)20(13)31-3)12-29-11-16(9-15-7-5-4-6-8-15)19(30)18-21(24)27-23(25)28-22(18)29/h4-8,10-11H,9,12H2,1-3H3,(H2,25,27,28). The molecule has 4 rings (SSSR count). The van der Waals surface area contributed by atoms with E-state index in [9.17, 15) is 4.79 Å². The van der Waals surface area contributed by atoms with Crippen molar-refractivity contribution in [3.63, 3.8) is 0 Å². The Morgan fingerprint density at radius 1 is 1.16 bits per heavy atom. The van der Waals surface area contributed by atoms with Gasteiger partial charge in [0.2, 0.25) is 5.95 Å². The van der Waals surface area contributed by atoms with Gasteiger partial charge in [-0.25, -0.2) is 4.98 Å². The Morgan fingerprint density at radius 3 is 2.61 bits per heavy atom. The summed E-state index contributed by atoms with van der Waals surface area (Å²) in [6, 6.07) is 9.78. The Morgan fingerprint density at radius 2 is 1.90 bits per heavy atom. The van der Waals surface area contributed by atoms with E-state index >= 15 is 0 Å². The molecule has 0 radical (unpaired) electrons. The van der Waals surface area contributed by atoms with Gasteiger partial charge >= 0.3 is 0 Å². The molecule has 0 aliphatic heterocycles. The van der Waals surface area contributed by atoms with Gasteiger partial charge in [0, 0.05) is 35.5 Å². The molecule has 0 amide bonds. The first-order valence-electron chi connectivity index (χ1n) is 9.77. The van der Waals surface area contributed by atoms with E-state index in [1.807, 2.05) is 48.7 Å². The second kappa shape index (κ2) is 8.35. The fourth-order valence-corrected chi connectivity index (χ4v) is 4.02. The molecule has 0 saturated heterocycles. The van der Waals surface area contributed by atoms with Gasteiger partial charge in [-0.1, -0.05) is 41.9 Å². The van der Waals surface area contributed by atoms with Crippen LogP contribution in [-0.4, -0.2) is 26.6 Å². The fourth-order valence-electron chi connectivity index (χ4n) is 3.76. The average Bonchev–Trinajstić information content (AvgIpc) is 2.74. The molecule has 0 spiro atoms. The molecule has 0 unspecified atom stereocenters. The molecule has 0 atom stereocenters. The minimum Gasteiger partial charge on any atom is -0.496 e. The number of hydrogen-bond donors (Lipinski definition) is 1. The topological polar surface area (TPSA) is 95.9 Å². The van der Waals surface area contributed by atoms with Crippen LogP contribution in [0, 0.1) is 13.8 Å². The van der Waals surface area contributed by atoms with Crippen LogP contribution in [0.1, 0.15) is 27.9 Å². The van der Waals surface area contributed by atoms with Gasteiger partial charge in [-0.15, -0.1) is 0 Å². The van der Waals surface area contributed by atoms with E-state index in [2.05, 4.69) is 15.0 Å². The third-order valence-corrected chi connectivity index (χ3v) is 5.55. The van der Waals surface area contributed by atoms with Crippen molar-refractivity contribution in [3.05, 3.63) is 86.0 Å². The number of nitrogens with two attached hydrogens (primary N) is 1.